The van der Waals surface area contributed by atoms with Gasteiger partial charge in [-0.3, -0.25) is 0 Å². The van der Waals surface area contributed by atoms with E-state index < -0.39 is 0 Å². The molecule has 1 N–H and O–H groups in total. The maximum Gasteiger partial charge on any atom is 0.232 e. The zero-order chi connectivity index (χ0) is 14.7. The van der Waals surface area contributed by atoms with Crippen LogP contribution in [0.1, 0.15) is 43.5 Å². The van der Waals surface area contributed by atoms with E-state index in [4.69, 9.17) is 4.52 Å². The minimum atomic E-state index is 0.0599. The molecule has 2 aromatic rings. The SMILES string of the molecule is CCC1(c2nc(Cc3ccccc3Br)no2)CCNCC1. The van der Waals surface area contributed by atoms with Crippen molar-refractivity contribution in [1.29, 1.82) is 0 Å². The van der Waals surface area contributed by atoms with Crippen molar-refractivity contribution in [2.24, 2.45) is 0 Å². The molecule has 0 amide bonds. The Morgan fingerprint density at radius 3 is 2.76 bits per heavy atom. The van der Waals surface area contributed by atoms with Gasteiger partial charge in [0.25, 0.3) is 0 Å². The minimum absolute atomic E-state index is 0.0599. The van der Waals surface area contributed by atoms with E-state index in [1.165, 1.54) is 5.56 Å². The molecule has 5 heteroatoms. The monoisotopic (exact) mass is 349 g/mol. The predicted octanol–water partition coefficient (Wildman–Crippen LogP) is 3.45. The first-order chi connectivity index (χ1) is 10.2. The molecule has 112 valence electrons. The first kappa shape index (κ1) is 14.7. The summed E-state index contributed by atoms with van der Waals surface area (Å²) in [5, 5.41) is 7.60. The van der Waals surface area contributed by atoms with Crippen LogP contribution in [-0.2, 0) is 11.8 Å². The molecule has 0 radical (unpaired) electrons. The van der Waals surface area contributed by atoms with Crippen LogP contribution in [0.2, 0.25) is 0 Å². The fourth-order valence-corrected chi connectivity index (χ4v) is 3.40. The summed E-state index contributed by atoms with van der Waals surface area (Å²) in [6.45, 7) is 4.26. The van der Waals surface area contributed by atoms with Crippen LogP contribution in [-0.4, -0.2) is 23.2 Å². The molecular formula is C16H20BrN3O. The molecule has 1 aliphatic heterocycles. The lowest BCUT2D eigenvalue weighted by Crippen LogP contribution is -2.39. The summed E-state index contributed by atoms with van der Waals surface area (Å²) in [6.07, 6.45) is 3.88. The standard InChI is InChI=1S/C16H20BrN3O/c1-2-16(7-9-18-10-8-16)15-19-14(20-21-15)11-12-5-3-4-6-13(12)17/h3-6,18H,2,7-11H2,1H3. The lowest BCUT2D eigenvalue weighted by Gasteiger charge is -2.33. The van der Waals surface area contributed by atoms with Gasteiger partial charge in [0, 0.05) is 10.9 Å². The van der Waals surface area contributed by atoms with Crippen molar-refractivity contribution < 1.29 is 4.52 Å². The largest absolute Gasteiger partial charge is 0.339 e. The van der Waals surface area contributed by atoms with Gasteiger partial charge >= 0.3 is 0 Å². The van der Waals surface area contributed by atoms with Crippen molar-refractivity contribution in [3.05, 3.63) is 46.0 Å². The van der Waals surface area contributed by atoms with Crippen LogP contribution in [0.5, 0.6) is 0 Å². The number of piperidine rings is 1. The van der Waals surface area contributed by atoms with E-state index in [-0.39, 0.29) is 5.41 Å². The molecule has 0 atom stereocenters. The van der Waals surface area contributed by atoms with Gasteiger partial charge in [-0.15, -0.1) is 0 Å². The lowest BCUT2D eigenvalue weighted by molar-refractivity contribution is 0.216. The number of halogens is 1. The quantitative estimate of drug-likeness (QED) is 0.918. The van der Waals surface area contributed by atoms with Crippen LogP contribution < -0.4 is 5.32 Å². The average Bonchev–Trinajstić information content (AvgIpc) is 2.99. The van der Waals surface area contributed by atoms with Crippen LogP contribution in [0.25, 0.3) is 0 Å². The minimum Gasteiger partial charge on any atom is -0.339 e. The van der Waals surface area contributed by atoms with Crippen LogP contribution in [0.4, 0.5) is 0 Å². The van der Waals surface area contributed by atoms with E-state index in [0.717, 1.165) is 48.5 Å². The molecule has 0 spiro atoms. The van der Waals surface area contributed by atoms with Crippen LogP contribution in [0.3, 0.4) is 0 Å². The third-order valence-electron chi connectivity index (χ3n) is 4.47. The van der Waals surface area contributed by atoms with Crippen molar-refractivity contribution >= 4 is 15.9 Å². The second kappa shape index (κ2) is 6.28. The second-order valence-electron chi connectivity index (χ2n) is 5.67. The lowest BCUT2D eigenvalue weighted by atomic mass is 9.76. The van der Waals surface area contributed by atoms with Gasteiger partial charge in [0.05, 0.1) is 5.41 Å². The van der Waals surface area contributed by atoms with Crippen LogP contribution in [0.15, 0.2) is 33.3 Å². The molecule has 21 heavy (non-hydrogen) atoms. The Morgan fingerprint density at radius 2 is 2.05 bits per heavy atom. The summed E-state index contributed by atoms with van der Waals surface area (Å²) in [5.41, 5.74) is 1.24. The average molecular weight is 350 g/mol. The summed E-state index contributed by atoms with van der Waals surface area (Å²) in [5.74, 6) is 1.58. The number of hydrogen-bond donors (Lipinski definition) is 1. The van der Waals surface area contributed by atoms with Gasteiger partial charge in [-0.1, -0.05) is 46.2 Å². The van der Waals surface area contributed by atoms with E-state index in [9.17, 15) is 0 Å². The topological polar surface area (TPSA) is 51.0 Å². The predicted molar refractivity (Wildman–Crippen MR) is 85.3 cm³/mol. The van der Waals surface area contributed by atoms with Crippen molar-refractivity contribution in [2.75, 3.05) is 13.1 Å². The Kier molecular flexibility index (Phi) is 4.40. The molecule has 0 bridgehead atoms. The molecule has 2 heterocycles. The van der Waals surface area contributed by atoms with Crippen molar-refractivity contribution in [2.45, 2.75) is 38.0 Å². The van der Waals surface area contributed by atoms with E-state index >= 15 is 0 Å². The van der Waals surface area contributed by atoms with Crippen molar-refractivity contribution in [3.8, 4) is 0 Å². The Balaban J connectivity index is 1.81. The number of nitrogens with zero attached hydrogens (tertiary/aromatic N) is 2. The maximum atomic E-state index is 5.61. The molecule has 1 saturated heterocycles. The highest BCUT2D eigenvalue weighted by molar-refractivity contribution is 9.10. The van der Waals surface area contributed by atoms with Crippen molar-refractivity contribution in [3.63, 3.8) is 0 Å². The summed E-state index contributed by atoms with van der Waals surface area (Å²) in [6, 6.07) is 8.16. The van der Waals surface area contributed by atoms with Gasteiger partial charge in [0.15, 0.2) is 5.82 Å². The molecule has 0 saturated carbocycles. The third kappa shape index (κ3) is 3.04. The molecular weight excluding hydrogens is 330 g/mol. The highest BCUT2D eigenvalue weighted by Gasteiger charge is 2.37. The Morgan fingerprint density at radius 1 is 1.29 bits per heavy atom. The number of nitrogens with one attached hydrogen (secondary N) is 1. The fraction of sp³-hybridized carbons (Fsp3) is 0.500. The van der Waals surface area contributed by atoms with E-state index in [0.29, 0.717) is 6.42 Å². The first-order valence-corrected chi connectivity index (χ1v) is 8.30. The van der Waals surface area contributed by atoms with E-state index in [2.05, 4.69) is 44.4 Å². The van der Waals surface area contributed by atoms with Gasteiger partial charge in [-0.05, 0) is 44.0 Å². The smallest absolute Gasteiger partial charge is 0.232 e. The molecule has 1 aliphatic rings. The molecule has 3 rings (SSSR count). The van der Waals surface area contributed by atoms with Crippen LogP contribution >= 0.6 is 15.9 Å². The number of rotatable bonds is 4. The first-order valence-electron chi connectivity index (χ1n) is 7.51. The molecule has 4 nitrogen and oxygen atoms in total. The van der Waals surface area contributed by atoms with Gasteiger partial charge in [-0.25, -0.2) is 0 Å². The zero-order valence-electron chi connectivity index (χ0n) is 12.2. The number of benzene rings is 1. The molecule has 1 aromatic heterocycles. The Hall–Kier alpha value is -1.20. The van der Waals surface area contributed by atoms with Crippen molar-refractivity contribution in [1.82, 2.24) is 15.5 Å². The highest BCUT2D eigenvalue weighted by atomic mass is 79.9. The van der Waals surface area contributed by atoms with Crippen LogP contribution in [0, 0.1) is 0 Å². The maximum absolute atomic E-state index is 5.61. The molecule has 1 aromatic carbocycles. The van der Waals surface area contributed by atoms with E-state index in [1.54, 1.807) is 0 Å². The van der Waals surface area contributed by atoms with E-state index in [1.807, 2.05) is 18.2 Å². The van der Waals surface area contributed by atoms with Gasteiger partial charge in [0.2, 0.25) is 5.89 Å². The number of hydrogen-bond acceptors (Lipinski definition) is 4. The van der Waals surface area contributed by atoms with Gasteiger partial charge < -0.3 is 9.84 Å². The highest BCUT2D eigenvalue weighted by Crippen LogP contribution is 2.35. The summed E-state index contributed by atoms with van der Waals surface area (Å²) in [4.78, 5) is 4.69. The Bertz CT molecular complexity index is 605. The zero-order valence-corrected chi connectivity index (χ0v) is 13.8. The Labute approximate surface area is 133 Å². The van der Waals surface area contributed by atoms with Gasteiger partial charge in [0.1, 0.15) is 0 Å². The second-order valence-corrected chi connectivity index (χ2v) is 6.52. The molecule has 1 fully saturated rings. The number of aromatic nitrogens is 2. The molecule has 0 unspecified atom stereocenters. The fourth-order valence-electron chi connectivity index (χ4n) is 2.98. The third-order valence-corrected chi connectivity index (χ3v) is 5.24. The normalized spacial score (nSPS) is 17.8. The summed E-state index contributed by atoms with van der Waals surface area (Å²) in [7, 11) is 0. The summed E-state index contributed by atoms with van der Waals surface area (Å²) >= 11 is 3.57. The summed E-state index contributed by atoms with van der Waals surface area (Å²) < 4.78 is 6.69. The molecule has 0 aliphatic carbocycles. The van der Waals surface area contributed by atoms with Gasteiger partial charge in [-0.2, -0.15) is 4.98 Å².